The van der Waals surface area contributed by atoms with E-state index < -0.39 is 10.8 Å². The zero-order chi connectivity index (χ0) is 20.8. The lowest BCUT2D eigenvalue weighted by Gasteiger charge is -2.14. The number of ether oxygens (including phenoxy) is 1. The Morgan fingerprint density at radius 2 is 1.93 bits per heavy atom. The molecule has 0 fully saturated rings. The fourth-order valence-corrected chi connectivity index (χ4v) is 2.66. The highest BCUT2D eigenvalue weighted by Crippen LogP contribution is 2.27. The van der Waals surface area contributed by atoms with Crippen molar-refractivity contribution < 1.29 is 14.5 Å². The maximum absolute atomic E-state index is 12.1. The maximum atomic E-state index is 12.1. The maximum Gasteiger partial charge on any atom is 0.277 e. The molecule has 0 bridgehead atoms. The molecule has 0 aromatic heterocycles. The van der Waals surface area contributed by atoms with Gasteiger partial charge in [0.15, 0.2) is 6.61 Å². The molecule has 0 aliphatic carbocycles. The largest absolute Gasteiger partial charge is 0.483 e. The molecule has 28 heavy (non-hydrogen) atoms. The molecule has 1 N–H and O–H groups in total. The van der Waals surface area contributed by atoms with Crippen molar-refractivity contribution in [2.75, 3.05) is 6.61 Å². The molecule has 0 radical (unpaired) electrons. The summed E-state index contributed by atoms with van der Waals surface area (Å²) in [5.41, 5.74) is 6.14. The van der Waals surface area contributed by atoms with Crippen LogP contribution in [0.25, 0.3) is 0 Å². The molecule has 2 aromatic carbocycles. The molecular weight excluding hydrogens is 358 g/mol. The average molecular weight is 383 g/mol. The Hall–Kier alpha value is -3.22. The minimum atomic E-state index is -0.438. The van der Waals surface area contributed by atoms with E-state index in [-0.39, 0.29) is 18.2 Å². The van der Waals surface area contributed by atoms with Gasteiger partial charge in [0.05, 0.1) is 10.6 Å². The molecule has 7 heteroatoms. The highest BCUT2D eigenvalue weighted by Gasteiger charge is 2.13. The number of aryl methyl sites for hydroxylation is 2. The summed E-state index contributed by atoms with van der Waals surface area (Å²) < 4.78 is 5.67. The van der Waals surface area contributed by atoms with Crippen molar-refractivity contribution in [3.8, 4) is 5.75 Å². The minimum Gasteiger partial charge on any atom is -0.483 e. The lowest BCUT2D eigenvalue weighted by atomic mass is 10.0. The number of carbonyl (C=O) groups is 1. The van der Waals surface area contributed by atoms with E-state index in [1.165, 1.54) is 6.07 Å². The summed E-state index contributed by atoms with van der Waals surface area (Å²) >= 11 is 0. The summed E-state index contributed by atoms with van der Waals surface area (Å²) in [4.78, 5) is 22.7. The van der Waals surface area contributed by atoms with Gasteiger partial charge in [0.25, 0.3) is 11.6 Å². The van der Waals surface area contributed by atoms with E-state index in [2.05, 4.69) is 24.4 Å². The first-order chi connectivity index (χ1) is 13.2. The van der Waals surface area contributed by atoms with Gasteiger partial charge in [0, 0.05) is 17.2 Å². The first-order valence-corrected chi connectivity index (χ1v) is 9.01. The van der Waals surface area contributed by atoms with Gasteiger partial charge >= 0.3 is 0 Å². The Labute approximate surface area is 164 Å². The van der Waals surface area contributed by atoms with Crippen LogP contribution in [0.4, 0.5) is 5.69 Å². The lowest BCUT2D eigenvalue weighted by molar-refractivity contribution is -0.385. The van der Waals surface area contributed by atoms with Crippen LogP contribution in [-0.2, 0) is 4.79 Å². The van der Waals surface area contributed by atoms with Gasteiger partial charge in [-0.3, -0.25) is 14.9 Å². The van der Waals surface area contributed by atoms with E-state index >= 15 is 0 Å². The number of nitro groups is 1. The van der Waals surface area contributed by atoms with Gasteiger partial charge in [-0.1, -0.05) is 38.1 Å². The SMILES string of the molecule is CC(=NNC(=O)COc1cc(C)ccc1C(C)C)c1ccc(C)c([N+](=O)[O-])c1. The van der Waals surface area contributed by atoms with Crippen LogP contribution in [0, 0.1) is 24.0 Å². The van der Waals surface area contributed by atoms with Crippen molar-refractivity contribution >= 4 is 17.3 Å². The fourth-order valence-electron chi connectivity index (χ4n) is 2.66. The Bertz CT molecular complexity index is 920. The summed E-state index contributed by atoms with van der Waals surface area (Å²) in [6.45, 7) is 9.26. The normalized spacial score (nSPS) is 11.4. The topological polar surface area (TPSA) is 93.8 Å². The van der Waals surface area contributed by atoms with Gasteiger partial charge in [-0.15, -0.1) is 0 Å². The van der Waals surface area contributed by atoms with Crippen LogP contribution in [0.2, 0.25) is 0 Å². The molecule has 0 atom stereocenters. The number of nitro benzene ring substituents is 1. The van der Waals surface area contributed by atoms with Gasteiger partial charge in [-0.25, -0.2) is 5.43 Å². The number of amides is 1. The van der Waals surface area contributed by atoms with E-state index in [9.17, 15) is 14.9 Å². The van der Waals surface area contributed by atoms with Crippen molar-refractivity contribution in [3.63, 3.8) is 0 Å². The Balaban J connectivity index is 2.03. The molecule has 2 aromatic rings. The zero-order valence-electron chi connectivity index (χ0n) is 16.8. The van der Waals surface area contributed by atoms with Crippen LogP contribution in [0.5, 0.6) is 5.75 Å². The summed E-state index contributed by atoms with van der Waals surface area (Å²) in [5, 5.41) is 15.1. The summed E-state index contributed by atoms with van der Waals surface area (Å²) in [7, 11) is 0. The van der Waals surface area contributed by atoms with E-state index in [4.69, 9.17) is 4.74 Å². The number of hydrazone groups is 1. The van der Waals surface area contributed by atoms with Gasteiger partial charge in [-0.05, 0) is 43.9 Å². The van der Waals surface area contributed by atoms with Crippen molar-refractivity contribution in [2.24, 2.45) is 5.10 Å². The predicted molar refractivity (Wildman–Crippen MR) is 109 cm³/mol. The molecule has 0 heterocycles. The van der Waals surface area contributed by atoms with Crippen molar-refractivity contribution in [2.45, 2.75) is 40.5 Å². The standard InChI is InChI=1S/C21H25N3O4/c1-13(2)18-9-6-14(3)10-20(18)28-12-21(25)23-22-16(5)17-8-7-15(4)19(11-17)24(26)27/h6-11,13H,12H2,1-5H3,(H,23,25). The highest BCUT2D eigenvalue weighted by atomic mass is 16.6. The Kier molecular flexibility index (Phi) is 6.87. The van der Waals surface area contributed by atoms with E-state index in [0.29, 0.717) is 22.6 Å². The second-order valence-electron chi connectivity index (χ2n) is 6.98. The second kappa shape index (κ2) is 9.12. The molecule has 148 valence electrons. The van der Waals surface area contributed by atoms with Gasteiger partial charge in [0.2, 0.25) is 0 Å². The molecule has 7 nitrogen and oxygen atoms in total. The van der Waals surface area contributed by atoms with E-state index in [1.807, 2.05) is 25.1 Å². The van der Waals surface area contributed by atoms with Crippen LogP contribution in [0.3, 0.4) is 0 Å². The summed E-state index contributed by atoms with van der Waals surface area (Å²) in [6, 6.07) is 10.7. The number of nitrogens with one attached hydrogen (secondary N) is 1. The quantitative estimate of drug-likeness (QED) is 0.439. The van der Waals surface area contributed by atoms with Gasteiger partial charge in [-0.2, -0.15) is 5.10 Å². The van der Waals surface area contributed by atoms with Crippen LogP contribution < -0.4 is 10.2 Å². The van der Waals surface area contributed by atoms with Gasteiger partial charge < -0.3 is 4.74 Å². The molecule has 0 saturated carbocycles. The monoisotopic (exact) mass is 383 g/mol. The number of carbonyl (C=O) groups excluding carboxylic acids is 1. The van der Waals surface area contributed by atoms with Crippen LogP contribution in [0.15, 0.2) is 41.5 Å². The van der Waals surface area contributed by atoms with Crippen LogP contribution in [-0.4, -0.2) is 23.1 Å². The minimum absolute atomic E-state index is 0.0161. The predicted octanol–water partition coefficient (Wildman–Crippen LogP) is 4.25. The lowest BCUT2D eigenvalue weighted by Crippen LogP contribution is -2.26. The molecule has 0 aliphatic rings. The molecule has 0 spiro atoms. The van der Waals surface area contributed by atoms with Crippen LogP contribution in [0.1, 0.15) is 48.9 Å². The summed E-state index contributed by atoms with van der Waals surface area (Å²) in [5.74, 6) is 0.549. The third-order valence-electron chi connectivity index (χ3n) is 4.32. The fraction of sp³-hybridized carbons (Fsp3) is 0.333. The van der Waals surface area contributed by atoms with Crippen molar-refractivity contribution in [3.05, 3.63) is 68.8 Å². The number of nitrogens with zero attached hydrogens (tertiary/aromatic N) is 2. The number of rotatable bonds is 7. The van der Waals surface area contributed by atoms with Crippen molar-refractivity contribution in [1.29, 1.82) is 0 Å². The van der Waals surface area contributed by atoms with Gasteiger partial charge in [0.1, 0.15) is 5.75 Å². The molecule has 0 unspecified atom stereocenters. The third-order valence-corrected chi connectivity index (χ3v) is 4.32. The first-order valence-electron chi connectivity index (χ1n) is 9.01. The molecular formula is C21H25N3O4. The average Bonchev–Trinajstić information content (AvgIpc) is 2.64. The van der Waals surface area contributed by atoms with Crippen molar-refractivity contribution in [1.82, 2.24) is 5.43 Å². The molecule has 1 amide bonds. The molecule has 0 aliphatic heterocycles. The third kappa shape index (κ3) is 5.39. The smallest absolute Gasteiger partial charge is 0.277 e. The zero-order valence-corrected chi connectivity index (χ0v) is 16.8. The highest BCUT2D eigenvalue weighted by molar-refractivity contribution is 5.99. The Morgan fingerprint density at radius 1 is 1.21 bits per heavy atom. The van der Waals surface area contributed by atoms with E-state index in [0.717, 1.165) is 11.1 Å². The second-order valence-corrected chi connectivity index (χ2v) is 6.98. The van der Waals surface area contributed by atoms with Crippen LogP contribution >= 0.6 is 0 Å². The summed E-state index contributed by atoms with van der Waals surface area (Å²) in [6.07, 6.45) is 0. The molecule has 2 rings (SSSR count). The Morgan fingerprint density at radius 3 is 2.57 bits per heavy atom. The van der Waals surface area contributed by atoms with E-state index in [1.54, 1.807) is 26.0 Å². The number of hydrogen-bond donors (Lipinski definition) is 1. The number of benzene rings is 2. The first kappa shape index (κ1) is 21.1. The number of hydrogen-bond acceptors (Lipinski definition) is 5. The molecule has 0 saturated heterocycles.